The van der Waals surface area contributed by atoms with E-state index >= 15 is 0 Å². The molecule has 1 fully saturated rings. The summed E-state index contributed by atoms with van der Waals surface area (Å²) in [6.07, 6.45) is 5.95. The third-order valence-electron chi connectivity index (χ3n) is 6.44. The van der Waals surface area contributed by atoms with E-state index in [0.29, 0.717) is 25.3 Å². The highest BCUT2D eigenvalue weighted by molar-refractivity contribution is 6.05. The van der Waals surface area contributed by atoms with Crippen LogP contribution in [0.5, 0.6) is 0 Å². The van der Waals surface area contributed by atoms with Gasteiger partial charge in [0.1, 0.15) is 5.69 Å². The highest BCUT2D eigenvalue weighted by Crippen LogP contribution is 2.19. The quantitative estimate of drug-likeness (QED) is 0.650. The maximum Gasteiger partial charge on any atom is 0.273 e. The van der Waals surface area contributed by atoms with Crippen molar-refractivity contribution in [3.05, 3.63) is 69.9 Å². The van der Waals surface area contributed by atoms with Crippen molar-refractivity contribution >= 4 is 16.7 Å². The van der Waals surface area contributed by atoms with Gasteiger partial charge in [-0.15, -0.1) is 0 Å². The van der Waals surface area contributed by atoms with Crippen molar-refractivity contribution in [1.82, 2.24) is 24.6 Å². The molecule has 0 saturated carbocycles. The molecule has 5 rings (SSSR count). The standard InChI is InChI=1S/C24H27N5O2/c30-22-17-19-6-2-4-8-21(19)26-29(22)16-13-27-11-14-28(15-12-27)24(31)23-20-7-3-1-5-18(20)9-10-25-23/h1,3,5,7,9-10,17H,2,4,6,8,11-16H2. The number of aryl methyl sites for hydroxylation is 2. The van der Waals surface area contributed by atoms with Gasteiger partial charge < -0.3 is 4.90 Å². The monoisotopic (exact) mass is 417 g/mol. The molecule has 3 aromatic rings. The Kier molecular flexibility index (Phi) is 5.51. The third kappa shape index (κ3) is 4.10. The van der Waals surface area contributed by atoms with Crippen LogP contribution in [0.1, 0.15) is 34.6 Å². The predicted octanol–water partition coefficient (Wildman–Crippen LogP) is 2.13. The van der Waals surface area contributed by atoms with Crippen LogP contribution in [0.2, 0.25) is 0 Å². The highest BCUT2D eigenvalue weighted by atomic mass is 16.2. The summed E-state index contributed by atoms with van der Waals surface area (Å²) in [6, 6.07) is 11.6. The van der Waals surface area contributed by atoms with Crippen molar-refractivity contribution in [2.45, 2.75) is 32.2 Å². The molecule has 7 nitrogen and oxygen atoms in total. The SMILES string of the molecule is O=C(c1nccc2ccccc12)N1CCN(CCn2nc3c(cc2=O)CCCC3)CC1. The molecule has 1 saturated heterocycles. The molecule has 0 atom stereocenters. The fourth-order valence-electron chi connectivity index (χ4n) is 4.61. The van der Waals surface area contributed by atoms with E-state index in [2.05, 4.69) is 15.0 Å². The molecular formula is C24H27N5O2. The lowest BCUT2D eigenvalue weighted by atomic mass is 9.97. The number of benzene rings is 1. The van der Waals surface area contributed by atoms with Crippen molar-refractivity contribution in [3.63, 3.8) is 0 Å². The Morgan fingerprint density at radius 2 is 1.77 bits per heavy atom. The number of nitrogens with zero attached hydrogens (tertiary/aromatic N) is 5. The molecule has 31 heavy (non-hydrogen) atoms. The number of carbonyl (C=O) groups excluding carboxylic acids is 1. The second-order valence-electron chi connectivity index (χ2n) is 8.40. The lowest BCUT2D eigenvalue weighted by Gasteiger charge is -2.34. The van der Waals surface area contributed by atoms with Crippen molar-refractivity contribution in [3.8, 4) is 0 Å². The Morgan fingerprint density at radius 3 is 2.65 bits per heavy atom. The van der Waals surface area contributed by atoms with Crippen LogP contribution in [0.3, 0.4) is 0 Å². The van der Waals surface area contributed by atoms with E-state index in [1.54, 1.807) is 16.9 Å². The smallest absolute Gasteiger partial charge is 0.273 e. The van der Waals surface area contributed by atoms with Crippen molar-refractivity contribution < 1.29 is 4.79 Å². The minimum Gasteiger partial charge on any atom is -0.335 e. The summed E-state index contributed by atoms with van der Waals surface area (Å²) in [5.41, 5.74) is 2.73. The zero-order chi connectivity index (χ0) is 21.2. The third-order valence-corrected chi connectivity index (χ3v) is 6.44. The van der Waals surface area contributed by atoms with Gasteiger partial charge in [0, 0.05) is 50.4 Å². The fraction of sp³-hybridized carbons (Fsp3) is 0.417. The summed E-state index contributed by atoms with van der Waals surface area (Å²) in [6.45, 7) is 4.25. The Hall–Kier alpha value is -3.06. The molecule has 160 valence electrons. The normalized spacial score (nSPS) is 17.0. The average molecular weight is 418 g/mol. The molecule has 0 bridgehead atoms. The van der Waals surface area contributed by atoms with Gasteiger partial charge in [0.15, 0.2) is 0 Å². The largest absolute Gasteiger partial charge is 0.335 e. The highest BCUT2D eigenvalue weighted by Gasteiger charge is 2.24. The Bertz CT molecular complexity index is 1160. The van der Waals surface area contributed by atoms with Crippen LogP contribution in [0.15, 0.2) is 47.4 Å². The van der Waals surface area contributed by atoms with Crippen LogP contribution in [0.25, 0.3) is 10.8 Å². The van der Waals surface area contributed by atoms with Gasteiger partial charge in [-0.1, -0.05) is 24.3 Å². The van der Waals surface area contributed by atoms with Crippen molar-refractivity contribution in [1.29, 1.82) is 0 Å². The Labute approximate surface area is 181 Å². The second-order valence-corrected chi connectivity index (χ2v) is 8.40. The zero-order valence-electron chi connectivity index (χ0n) is 17.7. The van der Waals surface area contributed by atoms with Crippen LogP contribution in [-0.2, 0) is 19.4 Å². The summed E-state index contributed by atoms with van der Waals surface area (Å²) >= 11 is 0. The molecular weight excluding hydrogens is 390 g/mol. The first-order valence-corrected chi connectivity index (χ1v) is 11.1. The summed E-state index contributed by atoms with van der Waals surface area (Å²) in [7, 11) is 0. The summed E-state index contributed by atoms with van der Waals surface area (Å²) in [4.78, 5) is 34.0. The minimum atomic E-state index is -0.0102. The van der Waals surface area contributed by atoms with Gasteiger partial charge in [-0.05, 0) is 42.7 Å². The molecule has 1 aromatic carbocycles. The number of amides is 1. The van der Waals surface area contributed by atoms with Gasteiger partial charge in [-0.2, -0.15) is 5.10 Å². The molecule has 2 aromatic heterocycles. The number of hydrogen-bond donors (Lipinski definition) is 0. The number of aromatic nitrogens is 3. The molecule has 1 aliphatic carbocycles. The van der Waals surface area contributed by atoms with E-state index in [1.807, 2.05) is 35.2 Å². The Morgan fingerprint density at radius 1 is 0.968 bits per heavy atom. The number of piperazine rings is 1. The van der Waals surface area contributed by atoms with E-state index in [1.165, 1.54) is 0 Å². The van der Waals surface area contributed by atoms with Crippen LogP contribution >= 0.6 is 0 Å². The topological polar surface area (TPSA) is 71.3 Å². The fourth-order valence-corrected chi connectivity index (χ4v) is 4.61. The summed E-state index contributed by atoms with van der Waals surface area (Å²) < 4.78 is 1.61. The van der Waals surface area contributed by atoms with Gasteiger partial charge >= 0.3 is 0 Å². The molecule has 7 heteroatoms. The number of pyridine rings is 1. The lowest BCUT2D eigenvalue weighted by Crippen LogP contribution is -2.49. The molecule has 0 spiro atoms. The van der Waals surface area contributed by atoms with E-state index in [4.69, 9.17) is 0 Å². The van der Waals surface area contributed by atoms with Gasteiger partial charge in [-0.3, -0.25) is 19.5 Å². The zero-order valence-corrected chi connectivity index (χ0v) is 17.7. The average Bonchev–Trinajstić information content (AvgIpc) is 2.82. The van der Waals surface area contributed by atoms with Crippen LogP contribution in [-0.4, -0.2) is 63.2 Å². The molecule has 0 N–H and O–H groups in total. The van der Waals surface area contributed by atoms with Gasteiger partial charge in [0.2, 0.25) is 0 Å². The lowest BCUT2D eigenvalue weighted by molar-refractivity contribution is 0.0628. The second kappa shape index (κ2) is 8.59. The minimum absolute atomic E-state index is 0.00325. The number of rotatable bonds is 4. The van der Waals surface area contributed by atoms with E-state index < -0.39 is 0 Å². The van der Waals surface area contributed by atoms with Gasteiger partial charge in [0.05, 0.1) is 12.2 Å². The first kappa shape index (κ1) is 19.9. The number of fused-ring (bicyclic) bond motifs is 2. The Balaban J connectivity index is 1.20. The number of hydrogen-bond acceptors (Lipinski definition) is 5. The van der Waals surface area contributed by atoms with E-state index in [0.717, 1.165) is 67.3 Å². The van der Waals surface area contributed by atoms with Crippen LogP contribution in [0.4, 0.5) is 0 Å². The van der Waals surface area contributed by atoms with Gasteiger partial charge in [0.25, 0.3) is 11.5 Å². The molecule has 2 aliphatic rings. The van der Waals surface area contributed by atoms with E-state index in [9.17, 15) is 9.59 Å². The van der Waals surface area contributed by atoms with E-state index in [-0.39, 0.29) is 11.5 Å². The first-order chi connectivity index (χ1) is 15.2. The summed E-state index contributed by atoms with van der Waals surface area (Å²) in [5.74, 6) is -0.0102. The molecule has 1 aliphatic heterocycles. The maximum absolute atomic E-state index is 13.1. The van der Waals surface area contributed by atoms with Crippen molar-refractivity contribution in [2.24, 2.45) is 0 Å². The first-order valence-electron chi connectivity index (χ1n) is 11.1. The molecule has 1 amide bonds. The molecule has 0 unspecified atom stereocenters. The van der Waals surface area contributed by atoms with Crippen LogP contribution in [0, 0.1) is 0 Å². The summed E-state index contributed by atoms with van der Waals surface area (Å²) in [5, 5.41) is 6.54. The van der Waals surface area contributed by atoms with Crippen LogP contribution < -0.4 is 5.56 Å². The molecule has 3 heterocycles. The van der Waals surface area contributed by atoms with Crippen molar-refractivity contribution in [2.75, 3.05) is 32.7 Å². The number of carbonyl (C=O) groups is 1. The van der Waals surface area contributed by atoms with Gasteiger partial charge in [-0.25, -0.2) is 4.68 Å². The maximum atomic E-state index is 13.1. The molecule has 0 radical (unpaired) electrons. The predicted molar refractivity (Wildman–Crippen MR) is 119 cm³/mol.